The van der Waals surface area contributed by atoms with E-state index in [2.05, 4.69) is 15.6 Å². The highest BCUT2D eigenvalue weighted by Crippen LogP contribution is 2.25. The van der Waals surface area contributed by atoms with Crippen LogP contribution < -0.4 is 10.6 Å². The van der Waals surface area contributed by atoms with E-state index in [1.165, 1.54) is 46.9 Å². The van der Waals surface area contributed by atoms with Crippen LogP contribution in [0.4, 0.5) is 9.52 Å². The van der Waals surface area contributed by atoms with Gasteiger partial charge in [-0.2, -0.15) is 0 Å². The minimum absolute atomic E-state index is 0.000360. The first-order valence-corrected chi connectivity index (χ1v) is 10.1. The van der Waals surface area contributed by atoms with Gasteiger partial charge in [0.2, 0.25) is 5.78 Å². The fraction of sp³-hybridized carbons (Fsp3) is 0.211. The van der Waals surface area contributed by atoms with E-state index in [0.717, 1.165) is 10.4 Å². The van der Waals surface area contributed by atoms with Gasteiger partial charge in [0.05, 0.1) is 16.0 Å². The number of hydrogen-bond acceptors (Lipinski definition) is 6. The fourth-order valence-corrected chi connectivity index (χ4v) is 4.10. The van der Waals surface area contributed by atoms with Crippen LogP contribution >= 0.6 is 22.7 Å². The number of nitrogens with one attached hydrogen (secondary N) is 2. The molecule has 0 atom stereocenters. The van der Waals surface area contributed by atoms with E-state index >= 15 is 0 Å². The number of nitrogens with zero attached hydrogens (tertiary/aromatic N) is 1. The van der Waals surface area contributed by atoms with Crippen LogP contribution in [0.25, 0.3) is 0 Å². The molecule has 5 nitrogen and oxygen atoms in total. The monoisotopic (exact) mass is 403 g/mol. The first-order valence-electron chi connectivity index (χ1n) is 8.37. The second kappa shape index (κ2) is 8.88. The lowest BCUT2D eigenvalue weighted by molar-refractivity contribution is 0.0953. The molecule has 2 N–H and O–H groups in total. The van der Waals surface area contributed by atoms with E-state index in [0.29, 0.717) is 35.1 Å². The molecule has 2 aromatic heterocycles. The van der Waals surface area contributed by atoms with Crippen molar-refractivity contribution >= 4 is 39.5 Å². The molecule has 27 heavy (non-hydrogen) atoms. The maximum absolute atomic E-state index is 12.8. The molecule has 3 rings (SSSR count). The summed E-state index contributed by atoms with van der Waals surface area (Å²) in [4.78, 5) is 29.9. The summed E-state index contributed by atoms with van der Waals surface area (Å²) in [7, 11) is 0. The SMILES string of the molecule is Cc1ccsc1C(=O)c1cnc(NCCCNC(=O)c2ccc(F)cc2)s1. The predicted octanol–water partition coefficient (Wildman–Crippen LogP) is 4.12. The van der Waals surface area contributed by atoms with E-state index in [1.807, 2.05) is 18.4 Å². The summed E-state index contributed by atoms with van der Waals surface area (Å²) in [5.41, 5.74) is 1.40. The van der Waals surface area contributed by atoms with Gasteiger partial charge in [0, 0.05) is 18.7 Å². The molecular formula is C19H18FN3O2S2. The topological polar surface area (TPSA) is 71.1 Å². The molecule has 0 aliphatic heterocycles. The van der Waals surface area contributed by atoms with E-state index < -0.39 is 0 Å². The molecule has 2 heterocycles. The van der Waals surface area contributed by atoms with Gasteiger partial charge in [0.25, 0.3) is 5.91 Å². The molecule has 0 aliphatic carbocycles. The van der Waals surface area contributed by atoms with Crippen molar-refractivity contribution in [2.24, 2.45) is 0 Å². The fourth-order valence-electron chi connectivity index (χ4n) is 2.37. The van der Waals surface area contributed by atoms with Gasteiger partial charge < -0.3 is 10.6 Å². The van der Waals surface area contributed by atoms with Gasteiger partial charge in [-0.15, -0.1) is 11.3 Å². The van der Waals surface area contributed by atoms with Crippen LogP contribution in [0.15, 0.2) is 41.9 Å². The van der Waals surface area contributed by atoms with Gasteiger partial charge in [-0.05, 0) is 54.6 Å². The van der Waals surface area contributed by atoms with E-state index in [9.17, 15) is 14.0 Å². The van der Waals surface area contributed by atoms with Crippen LogP contribution in [0, 0.1) is 12.7 Å². The molecule has 0 radical (unpaired) electrons. The Kier molecular flexibility index (Phi) is 6.31. The van der Waals surface area contributed by atoms with Crippen molar-refractivity contribution in [1.29, 1.82) is 0 Å². The summed E-state index contributed by atoms with van der Waals surface area (Å²) in [6, 6.07) is 7.35. The second-order valence-electron chi connectivity index (χ2n) is 5.83. The van der Waals surface area contributed by atoms with Crippen LogP contribution in [-0.4, -0.2) is 29.8 Å². The largest absolute Gasteiger partial charge is 0.361 e. The predicted molar refractivity (Wildman–Crippen MR) is 106 cm³/mol. The van der Waals surface area contributed by atoms with Crippen molar-refractivity contribution in [1.82, 2.24) is 10.3 Å². The van der Waals surface area contributed by atoms with Gasteiger partial charge in [0.1, 0.15) is 5.82 Å². The first-order chi connectivity index (χ1) is 13.0. The molecule has 0 saturated carbocycles. The normalized spacial score (nSPS) is 10.6. The zero-order valence-electron chi connectivity index (χ0n) is 14.6. The Bertz CT molecular complexity index is 935. The number of thiophene rings is 1. The minimum Gasteiger partial charge on any atom is -0.361 e. The number of aryl methyl sites for hydroxylation is 1. The van der Waals surface area contributed by atoms with Gasteiger partial charge in [-0.3, -0.25) is 9.59 Å². The summed E-state index contributed by atoms with van der Waals surface area (Å²) in [5, 5.41) is 8.52. The maximum Gasteiger partial charge on any atom is 0.251 e. The molecule has 0 aliphatic rings. The average molecular weight is 404 g/mol. The molecular weight excluding hydrogens is 385 g/mol. The Balaban J connectivity index is 1.42. The molecule has 1 amide bonds. The van der Waals surface area contributed by atoms with E-state index in [-0.39, 0.29) is 17.5 Å². The zero-order valence-corrected chi connectivity index (χ0v) is 16.3. The number of hydrogen-bond donors (Lipinski definition) is 2. The smallest absolute Gasteiger partial charge is 0.251 e. The number of amides is 1. The van der Waals surface area contributed by atoms with Crippen molar-refractivity contribution in [3.63, 3.8) is 0 Å². The highest BCUT2D eigenvalue weighted by atomic mass is 32.1. The number of carbonyl (C=O) groups is 2. The molecule has 0 fully saturated rings. The van der Waals surface area contributed by atoms with Gasteiger partial charge in [0.15, 0.2) is 5.13 Å². The second-order valence-corrected chi connectivity index (χ2v) is 7.78. The Morgan fingerprint density at radius 3 is 2.63 bits per heavy atom. The van der Waals surface area contributed by atoms with Gasteiger partial charge in [-0.25, -0.2) is 9.37 Å². The van der Waals surface area contributed by atoms with Crippen LogP contribution in [0.5, 0.6) is 0 Å². The van der Waals surface area contributed by atoms with Crippen molar-refractivity contribution < 1.29 is 14.0 Å². The number of thiazole rings is 1. The minimum atomic E-state index is -0.369. The van der Waals surface area contributed by atoms with E-state index in [1.54, 1.807) is 6.20 Å². The number of benzene rings is 1. The third-order valence-electron chi connectivity index (χ3n) is 3.82. The summed E-state index contributed by atoms with van der Waals surface area (Å²) in [6.45, 7) is 3.02. The number of rotatable bonds is 8. The number of anilines is 1. The van der Waals surface area contributed by atoms with Crippen LogP contribution in [0.1, 0.15) is 36.9 Å². The van der Waals surface area contributed by atoms with Crippen LogP contribution in [0.2, 0.25) is 0 Å². The number of aromatic nitrogens is 1. The highest BCUT2D eigenvalue weighted by molar-refractivity contribution is 7.19. The Labute approximate surface area is 164 Å². The molecule has 3 aromatic rings. The Morgan fingerprint density at radius 2 is 1.93 bits per heavy atom. The Morgan fingerprint density at radius 1 is 1.15 bits per heavy atom. The molecule has 1 aromatic carbocycles. The van der Waals surface area contributed by atoms with Crippen molar-refractivity contribution in [2.45, 2.75) is 13.3 Å². The lowest BCUT2D eigenvalue weighted by atomic mass is 10.2. The van der Waals surface area contributed by atoms with Gasteiger partial charge >= 0.3 is 0 Å². The summed E-state index contributed by atoms with van der Waals surface area (Å²) in [5.74, 6) is -0.602. The van der Waals surface area contributed by atoms with Gasteiger partial charge in [-0.1, -0.05) is 11.3 Å². The standard InChI is InChI=1S/C19H18FN3O2S2/c1-12-7-10-26-17(12)16(24)15-11-23-19(27-15)22-9-2-8-21-18(25)13-3-5-14(20)6-4-13/h3-7,10-11H,2,8-9H2,1H3,(H,21,25)(H,22,23). The third-order valence-corrected chi connectivity index (χ3v) is 5.79. The molecule has 8 heteroatoms. The third kappa shape index (κ3) is 4.99. The summed E-state index contributed by atoms with van der Waals surface area (Å²) >= 11 is 2.76. The lowest BCUT2D eigenvalue weighted by Crippen LogP contribution is -2.25. The quantitative estimate of drug-likeness (QED) is 0.439. The number of ketones is 1. The lowest BCUT2D eigenvalue weighted by Gasteiger charge is -2.06. The van der Waals surface area contributed by atoms with E-state index in [4.69, 9.17) is 0 Å². The molecule has 0 bridgehead atoms. The first kappa shape index (κ1) is 19.2. The van der Waals surface area contributed by atoms with Crippen molar-refractivity contribution in [2.75, 3.05) is 18.4 Å². The molecule has 0 spiro atoms. The number of carbonyl (C=O) groups excluding carboxylic acids is 2. The summed E-state index contributed by atoms with van der Waals surface area (Å²) in [6.07, 6.45) is 2.28. The average Bonchev–Trinajstić information content (AvgIpc) is 3.30. The Hall–Kier alpha value is -2.58. The number of halogens is 1. The molecule has 0 saturated heterocycles. The zero-order chi connectivity index (χ0) is 19.2. The maximum atomic E-state index is 12.8. The molecule has 0 unspecified atom stereocenters. The highest BCUT2D eigenvalue weighted by Gasteiger charge is 2.16. The summed E-state index contributed by atoms with van der Waals surface area (Å²) < 4.78 is 12.8. The van der Waals surface area contributed by atoms with Crippen LogP contribution in [0.3, 0.4) is 0 Å². The van der Waals surface area contributed by atoms with Crippen molar-refractivity contribution in [3.05, 3.63) is 68.6 Å². The van der Waals surface area contributed by atoms with Crippen molar-refractivity contribution in [3.8, 4) is 0 Å². The molecule has 140 valence electrons. The van der Waals surface area contributed by atoms with Crippen LogP contribution in [-0.2, 0) is 0 Å².